The molecular formula is C14H13Cl2NO2S. The number of hydrogen-bond acceptors (Lipinski definition) is 4. The summed E-state index contributed by atoms with van der Waals surface area (Å²) in [6.07, 6.45) is 0. The molecular weight excluding hydrogens is 317 g/mol. The van der Waals surface area contributed by atoms with E-state index in [0.29, 0.717) is 30.5 Å². The lowest BCUT2D eigenvalue weighted by Crippen LogP contribution is -2.17. The number of fused-ring (bicyclic) bond motifs is 1. The van der Waals surface area contributed by atoms with E-state index in [-0.39, 0.29) is 0 Å². The second-order valence-corrected chi connectivity index (χ2v) is 6.62. The summed E-state index contributed by atoms with van der Waals surface area (Å²) in [5.41, 5.74) is 1.07. The fourth-order valence-corrected chi connectivity index (χ4v) is 3.39. The lowest BCUT2D eigenvalue weighted by atomic mass is 10.2. The molecule has 0 aliphatic carbocycles. The van der Waals surface area contributed by atoms with E-state index in [2.05, 4.69) is 5.32 Å². The zero-order chi connectivity index (χ0) is 13.9. The molecule has 0 unspecified atom stereocenters. The smallest absolute Gasteiger partial charge is 0.179 e. The van der Waals surface area contributed by atoms with E-state index in [9.17, 15) is 0 Å². The Balaban J connectivity index is 1.64. The average Bonchev–Trinajstić information content (AvgIpc) is 2.85. The van der Waals surface area contributed by atoms with Crippen LogP contribution in [-0.4, -0.2) is 13.2 Å². The van der Waals surface area contributed by atoms with Crippen molar-refractivity contribution in [1.29, 1.82) is 0 Å². The van der Waals surface area contributed by atoms with Crippen molar-refractivity contribution in [3.8, 4) is 11.5 Å². The van der Waals surface area contributed by atoms with Gasteiger partial charge in [0.15, 0.2) is 11.5 Å². The second-order valence-electron chi connectivity index (χ2n) is 4.41. The molecule has 0 bridgehead atoms. The Morgan fingerprint density at radius 1 is 1.10 bits per heavy atom. The van der Waals surface area contributed by atoms with Crippen LogP contribution in [-0.2, 0) is 13.1 Å². The molecule has 1 aromatic carbocycles. The van der Waals surface area contributed by atoms with Gasteiger partial charge in [-0.3, -0.25) is 0 Å². The molecule has 0 spiro atoms. The first kappa shape index (κ1) is 14.0. The van der Waals surface area contributed by atoms with Crippen molar-refractivity contribution in [2.45, 2.75) is 13.1 Å². The van der Waals surface area contributed by atoms with Crippen LogP contribution in [0.4, 0.5) is 0 Å². The maximum absolute atomic E-state index is 6.20. The van der Waals surface area contributed by atoms with Crippen LogP contribution in [0.25, 0.3) is 0 Å². The van der Waals surface area contributed by atoms with Crippen molar-refractivity contribution in [2.75, 3.05) is 13.2 Å². The van der Waals surface area contributed by atoms with Crippen LogP contribution >= 0.6 is 34.5 Å². The summed E-state index contributed by atoms with van der Waals surface area (Å²) in [5.74, 6) is 1.37. The quantitative estimate of drug-likeness (QED) is 0.915. The molecule has 106 valence electrons. The average molecular weight is 330 g/mol. The second kappa shape index (κ2) is 6.22. The van der Waals surface area contributed by atoms with Crippen LogP contribution in [0.5, 0.6) is 11.5 Å². The van der Waals surface area contributed by atoms with E-state index >= 15 is 0 Å². The number of ether oxygens (including phenoxy) is 2. The molecule has 0 radical (unpaired) electrons. The summed E-state index contributed by atoms with van der Waals surface area (Å²) >= 11 is 13.7. The molecule has 20 heavy (non-hydrogen) atoms. The first-order chi connectivity index (χ1) is 9.72. The van der Waals surface area contributed by atoms with Crippen molar-refractivity contribution in [2.24, 2.45) is 0 Å². The Bertz CT molecular complexity index is 615. The minimum atomic E-state index is 0.545. The van der Waals surface area contributed by atoms with Crippen molar-refractivity contribution in [3.63, 3.8) is 0 Å². The topological polar surface area (TPSA) is 30.5 Å². The van der Waals surface area contributed by atoms with Gasteiger partial charge in [0.1, 0.15) is 13.2 Å². The molecule has 1 aliphatic rings. The van der Waals surface area contributed by atoms with Gasteiger partial charge in [0.25, 0.3) is 0 Å². The van der Waals surface area contributed by atoms with E-state index in [1.807, 2.05) is 24.3 Å². The first-order valence-corrected chi connectivity index (χ1v) is 7.82. The highest BCUT2D eigenvalue weighted by Crippen LogP contribution is 2.38. The highest BCUT2D eigenvalue weighted by Gasteiger charge is 2.16. The van der Waals surface area contributed by atoms with Gasteiger partial charge in [0, 0.05) is 18.0 Å². The van der Waals surface area contributed by atoms with Crippen LogP contribution in [0.1, 0.15) is 10.4 Å². The highest BCUT2D eigenvalue weighted by atomic mass is 35.5. The molecule has 0 saturated heterocycles. The van der Waals surface area contributed by atoms with Gasteiger partial charge in [-0.15, -0.1) is 11.3 Å². The van der Waals surface area contributed by atoms with Gasteiger partial charge in [-0.05, 0) is 29.8 Å². The van der Waals surface area contributed by atoms with Crippen LogP contribution in [0.2, 0.25) is 9.36 Å². The number of hydrogen-bond donors (Lipinski definition) is 1. The lowest BCUT2D eigenvalue weighted by molar-refractivity contribution is 0.171. The van der Waals surface area contributed by atoms with Crippen LogP contribution < -0.4 is 14.8 Å². The molecule has 2 heterocycles. The molecule has 0 atom stereocenters. The third kappa shape index (κ3) is 3.20. The zero-order valence-corrected chi connectivity index (χ0v) is 12.9. The van der Waals surface area contributed by atoms with E-state index in [1.165, 1.54) is 4.88 Å². The minimum absolute atomic E-state index is 0.545. The number of benzene rings is 1. The summed E-state index contributed by atoms with van der Waals surface area (Å²) < 4.78 is 11.9. The predicted molar refractivity (Wildman–Crippen MR) is 82.3 cm³/mol. The molecule has 1 N–H and O–H groups in total. The Morgan fingerprint density at radius 3 is 2.75 bits per heavy atom. The molecule has 2 aromatic rings. The summed E-state index contributed by atoms with van der Waals surface area (Å²) in [6.45, 7) is 2.60. The van der Waals surface area contributed by atoms with Gasteiger partial charge in [-0.2, -0.15) is 0 Å². The van der Waals surface area contributed by atoms with Crippen molar-refractivity contribution in [3.05, 3.63) is 44.1 Å². The summed E-state index contributed by atoms with van der Waals surface area (Å²) in [6, 6.07) is 7.80. The molecule has 1 aliphatic heterocycles. The van der Waals surface area contributed by atoms with Crippen molar-refractivity contribution in [1.82, 2.24) is 5.32 Å². The SMILES string of the molecule is Clc1ccc(CNCc2cc(Cl)c3c(c2)OCCO3)s1. The molecule has 0 fully saturated rings. The van der Waals surface area contributed by atoms with Crippen LogP contribution in [0, 0.1) is 0 Å². The minimum Gasteiger partial charge on any atom is -0.486 e. The van der Waals surface area contributed by atoms with Gasteiger partial charge >= 0.3 is 0 Å². The Morgan fingerprint density at radius 2 is 1.95 bits per heavy atom. The van der Waals surface area contributed by atoms with E-state index < -0.39 is 0 Å². The van der Waals surface area contributed by atoms with E-state index in [0.717, 1.165) is 22.2 Å². The van der Waals surface area contributed by atoms with Gasteiger partial charge in [-0.25, -0.2) is 0 Å². The Hall–Kier alpha value is -0.940. The largest absolute Gasteiger partial charge is 0.486 e. The van der Waals surface area contributed by atoms with Gasteiger partial charge < -0.3 is 14.8 Å². The molecule has 0 amide bonds. The molecule has 0 saturated carbocycles. The summed E-state index contributed by atoms with van der Waals surface area (Å²) in [4.78, 5) is 1.21. The van der Waals surface area contributed by atoms with Crippen molar-refractivity contribution >= 4 is 34.5 Å². The monoisotopic (exact) mass is 329 g/mol. The molecule has 3 rings (SSSR count). The normalized spacial score (nSPS) is 13.5. The Kier molecular flexibility index (Phi) is 4.36. The van der Waals surface area contributed by atoms with Gasteiger partial charge in [-0.1, -0.05) is 23.2 Å². The highest BCUT2D eigenvalue weighted by molar-refractivity contribution is 7.16. The van der Waals surface area contributed by atoms with Gasteiger partial charge in [0.05, 0.1) is 9.36 Å². The number of halogens is 2. The number of nitrogens with one attached hydrogen (secondary N) is 1. The molecule has 3 nitrogen and oxygen atoms in total. The Labute approximate surface area is 131 Å². The maximum Gasteiger partial charge on any atom is 0.179 e. The predicted octanol–water partition coefficient (Wildman–Crippen LogP) is 4.12. The third-order valence-electron chi connectivity index (χ3n) is 2.91. The summed E-state index contributed by atoms with van der Waals surface area (Å²) in [5, 5.41) is 3.96. The van der Waals surface area contributed by atoms with Crippen LogP contribution in [0.3, 0.4) is 0 Å². The van der Waals surface area contributed by atoms with E-state index in [4.69, 9.17) is 32.7 Å². The third-order valence-corrected chi connectivity index (χ3v) is 4.43. The standard InChI is InChI=1S/C14H13Cl2NO2S/c15-11-5-9(6-12-14(11)19-4-3-18-12)7-17-8-10-1-2-13(16)20-10/h1-2,5-6,17H,3-4,7-8H2. The molecule has 1 aromatic heterocycles. The summed E-state index contributed by atoms with van der Waals surface area (Å²) in [7, 11) is 0. The first-order valence-electron chi connectivity index (χ1n) is 6.25. The number of rotatable bonds is 4. The zero-order valence-electron chi connectivity index (χ0n) is 10.6. The fraction of sp³-hybridized carbons (Fsp3) is 0.286. The molecule has 6 heteroatoms. The van der Waals surface area contributed by atoms with E-state index in [1.54, 1.807) is 11.3 Å². The van der Waals surface area contributed by atoms with Crippen LogP contribution in [0.15, 0.2) is 24.3 Å². The van der Waals surface area contributed by atoms with Crippen molar-refractivity contribution < 1.29 is 9.47 Å². The maximum atomic E-state index is 6.20. The fourth-order valence-electron chi connectivity index (χ4n) is 2.04. The van der Waals surface area contributed by atoms with Gasteiger partial charge in [0.2, 0.25) is 0 Å². The lowest BCUT2D eigenvalue weighted by Gasteiger charge is -2.20. The number of thiophene rings is 1.